The van der Waals surface area contributed by atoms with E-state index in [0.717, 1.165) is 18.2 Å². The summed E-state index contributed by atoms with van der Waals surface area (Å²) in [5.74, 6) is -7.98. The molecule has 0 fully saturated rings. The highest BCUT2D eigenvalue weighted by atomic mass is 19.4. The van der Waals surface area contributed by atoms with E-state index in [-0.39, 0.29) is 22.5 Å². The van der Waals surface area contributed by atoms with E-state index in [9.17, 15) is 53.9 Å². The number of aryl methyl sites for hydroxylation is 1. The maximum absolute atomic E-state index is 13.5. The summed E-state index contributed by atoms with van der Waals surface area (Å²) in [5, 5.41) is 4.53. The smallest absolute Gasteiger partial charge is 0.369 e. The molecular formula is C27H25F9N4O3. The highest BCUT2D eigenvalue weighted by molar-refractivity contribution is 6.20. The second-order valence-electron chi connectivity index (χ2n) is 9.88. The van der Waals surface area contributed by atoms with Crippen LogP contribution in [0, 0.1) is 18.8 Å². The number of benzodiazepines with no additional fused rings is 1. The van der Waals surface area contributed by atoms with Gasteiger partial charge in [-0.05, 0) is 37.5 Å². The molecule has 0 saturated heterocycles. The van der Waals surface area contributed by atoms with Gasteiger partial charge >= 0.3 is 18.5 Å². The standard InChI is InChI=1S/C27H25F9N4O3/c1-13-4-2-7-18-19(13)39-24(43)22(38-20(18)14-5-3-6-15(12-14)27(34,35)36)40-23(42)17(9-11-26(31,32)33)16(21(37)41)8-10-25(28,29)30/h2-7,12,16-17,22H,8-11H2,1H3,(H2,37,41)(H,39,43)(H,40,42)/t16?,17?,22-/m1/s1. The molecule has 2 aromatic rings. The molecule has 0 radical (unpaired) electrons. The van der Waals surface area contributed by atoms with Crippen LogP contribution < -0.4 is 16.4 Å². The number of amides is 3. The minimum atomic E-state index is -4.86. The quantitative estimate of drug-likeness (QED) is 0.314. The molecule has 3 atom stereocenters. The summed E-state index contributed by atoms with van der Waals surface area (Å²) in [6, 6.07) is 8.37. The molecule has 0 spiro atoms. The summed E-state index contributed by atoms with van der Waals surface area (Å²) in [6.45, 7) is 1.56. The lowest BCUT2D eigenvalue weighted by molar-refractivity contribution is -0.152. The third kappa shape index (κ3) is 8.94. The molecule has 4 N–H and O–H groups in total. The Bertz CT molecular complexity index is 1400. The van der Waals surface area contributed by atoms with Gasteiger partial charge in [-0.2, -0.15) is 39.5 Å². The minimum Gasteiger partial charge on any atom is -0.369 e. The average molecular weight is 625 g/mol. The first-order chi connectivity index (χ1) is 19.8. The van der Waals surface area contributed by atoms with Crippen molar-refractivity contribution in [3.05, 3.63) is 64.7 Å². The SMILES string of the molecule is Cc1cccc2c1NC(=O)[C@@H](NC(=O)C(CCC(F)(F)F)C(CCC(F)(F)F)C(N)=O)N=C2c1cccc(C(F)(F)F)c1. The molecule has 2 unspecified atom stereocenters. The summed E-state index contributed by atoms with van der Waals surface area (Å²) < 4.78 is 118. The Kier molecular flexibility index (Phi) is 9.81. The summed E-state index contributed by atoms with van der Waals surface area (Å²) >= 11 is 0. The number of benzene rings is 2. The third-order valence-corrected chi connectivity index (χ3v) is 6.69. The molecule has 0 bridgehead atoms. The van der Waals surface area contributed by atoms with E-state index >= 15 is 0 Å². The van der Waals surface area contributed by atoms with Crippen LogP contribution in [0.1, 0.15) is 47.9 Å². The number of hydrogen-bond donors (Lipinski definition) is 3. The fraction of sp³-hybridized carbons (Fsp3) is 0.407. The number of alkyl halides is 9. The Balaban J connectivity index is 2.07. The molecule has 43 heavy (non-hydrogen) atoms. The van der Waals surface area contributed by atoms with Crippen LogP contribution in [0.15, 0.2) is 47.5 Å². The number of nitrogens with one attached hydrogen (secondary N) is 2. The molecule has 0 aromatic heterocycles. The monoisotopic (exact) mass is 624 g/mol. The van der Waals surface area contributed by atoms with Gasteiger partial charge in [-0.25, -0.2) is 4.99 Å². The Hall–Kier alpha value is -4.11. The molecule has 1 aliphatic rings. The van der Waals surface area contributed by atoms with Crippen LogP contribution in [0.5, 0.6) is 0 Å². The molecule has 3 rings (SSSR count). The summed E-state index contributed by atoms with van der Waals surface area (Å²) in [6.07, 6.45) is -22.0. The van der Waals surface area contributed by atoms with Gasteiger partial charge in [0.1, 0.15) is 0 Å². The number of anilines is 1. The van der Waals surface area contributed by atoms with Gasteiger partial charge < -0.3 is 16.4 Å². The number of aliphatic imine (C=N–C) groups is 1. The zero-order valence-corrected chi connectivity index (χ0v) is 22.3. The number of fused-ring (bicyclic) bond motifs is 1. The highest BCUT2D eigenvalue weighted by Gasteiger charge is 2.41. The van der Waals surface area contributed by atoms with Gasteiger partial charge in [0.05, 0.1) is 17.0 Å². The summed E-state index contributed by atoms with van der Waals surface area (Å²) in [4.78, 5) is 42.6. The zero-order chi connectivity index (χ0) is 32.3. The Morgan fingerprint density at radius 1 is 0.930 bits per heavy atom. The van der Waals surface area contributed by atoms with Crippen molar-refractivity contribution in [2.45, 2.75) is 57.3 Å². The van der Waals surface area contributed by atoms with Gasteiger partial charge in [0.15, 0.2) is 0 Å². The fourth-order valence-corrected chi connectivity index (χ4v) is 4.59. The molecular weight excluding hydrogens is 599 g/mol. The molecule has 1 aliphatic heterocycles. The van der Waals surface area contributed by atoms with Gasteiger partial charge in [0.2, 0.25) is 18.0 Å². The van der Waals surface area contributed by atoms with Gasteiger partial charge in [0, 0.05) is 35.8 Å². The van der Waals surface area contributed by atoms with Gasteiger partial charge in [0.25, 0.3) is 5.91 Å². The first kappa shape index (κ1) is 33.4. The van der Waals surface area contributed by atoms with Gasteiger partial charge in [-0.15, -0.1) is 0 Å². The second-order valence-corrected chi connectivity index (χ2v) is 9.88. The van der Waals surface area contributed by atoms with Crippen molar-refractivity contribution in [3.63, 3.8) is 0 Å². The average Bonchev–Trinajstić information content (AvgIpc) is 3.01. The van der Waals surface area contributed by atoms with Crippen LogP contribution in [0.3, 0.4) is 0 Å². The lowest BCUT2D eigenvalue weighted by Crippen LogP contribution is -2.48. The van der Waals surface area contributed by atoms with Crippen molar-refractivity contribution in [1.82, 2.24) is 5.32 Å². The number of halogens is 9. The Morgan fingerprint density at radius 3 is 2.07 bits per heavy atom. The first-order valence-electron chi connectivity index (χ1n) is 12.7. The van der Waals surface area contributed by atoms with E-state index in [4.69, 9.17) is 5.73 Å². The molecule has 1 heterocycles. The molecule has 0 aliphatic carbocycles. The van der Waals surface area contributed by atoms with Crippen LogP contribution in [-0.4, -0.2) is 42.0 Å². The number of nitrogens with zero attached hydrogens (tertiary/aromatic N) is 1. The second kappa shape index (κ2) is 12.6. The van der Waals surface area contributed by atoms with Crippen molar-refractivity contribution in [2.24, 2.45) is 22.6 Å². The maximum atomic E-state index is 13.5. The van der Waals surface area contributed by atoms with Gasteiger partial charge in [-0.1, -0.05) is 30.3 Å². The number of hydrogen-bond acceptors (Lipinski definition) is 4. The third-order valence-electron chi connectivity index (χ3n) is 6.69. The van der Waals surface area contributed by atoms with E-state index in [1.165, 1.54) is 18.2 Å². The number of para-hydroxylation sites is 1. The molecule has 16 heteroatoms. The van der Waals surface area contributed by atoms with Crippen LogP contribution >= 0.6 is 0 Å². The van der Waals surface area contributed by atoms with Gasteiger partial charge in [-0.3, -0.25) is 14.4 Å². The molecule has 2 aromatic carbocycles. The topological polar surface area (TPSA) is 114 Å². The van der Waals surface area contributed by atoms with Crippen LogP contribution in [-0.2, 0) is 20.6 Å². The van der Waals surface area contributed by atoms with Crippen molar-refractivity contribution >= 4 is 29.1 Å². The molecule has 0 saturated carbocycles. The lowest BCUT2D eigenvalue weighted by atomic mass is 9.83. The van der Waals surface area contributed by atoms with Crippen molar-refractivity contribution in [3.8, 4) is 0 Å². The van der Waals surface area contributed by atoms with Crippen LogP contribution in [0.4, 0.5) is 45.2 Å². The zero-order valence-electron chi connectivity index (χ0n) is 22.3. The van der Waals surface area contributed by atoms with Crippen molar-refractivity contribution in [2.75, 3.05) is 5.32 Å². The number of nitrogens with two attached hydrogens (primary N) is 1. The maximum Gasteiger partial charge on any atom is 0.416 e. The summed E-state index contributed by atoms with van der Waals surface area (Å²) in [5.41, 5.74) is 4.50. The predicted molar refractivity (Wildman–Crippen MR) is 136 cm³/mol. The number of carbonyl (C=O) groups is 3. The first-order valence-corrected chi connectivity index (χ1v) is 12.7. The predicted octanol–water partition coefficient (Wildman–Crippen LogP) is 5.65. The summed E-state index contributed by atoms with van der Waals surface area (Å²) in [7, 11) is 0. The lowest BCUT2D eigenvalue weighted by Gasteiger charge is -2.26. The normalized spacial score (nSPS) is 17.2. The van der Waals surface area contributed by atoms with Crippen LogP contribution in [0.25, 0.3) is 0 Å². The number of rotatable bonds is 9. The molecule has 3 amide bonds. The minimum absolute atomic E-state index is 0.120. The Morgan fingerprint density at radius 2 is 1.51 bits per heavy atom. The molecule has 234 valence electrons. The van der Waals surface area contributed by atoms with E-state index in [2.05, 4.69) is 15.6 Å². The van der Waals surface area contributed by atoms with E-state index in [1.54, 1.807) is 13.0 Å². The number of primary amides is 1. The van der Waals surface area contributed by atoms with Crippen molar-refractivity contribution < 1.29 is 53.9 Å². The largest absolute Gasteiger partial charge is 0.416 e. The van der Waals surface area contributed by atoms with E-state index in [1.807, 2.05) is 0 Å². The van der Waals surface area contributed by atoms with E-state index in [0.29, 0.717) is 5.56 Å². The van der Waals surface area contributed by atoms with E-state index < -0.39 is 85.5 Å². The highest BCUT2D eigenvalue weighted by Crippen LogP contribution is 2.34. The molecule has 7 nitrogen and oxygen atoms in total. The van der Waals surface area contributed by atoms with Crippen LogP contribution in [0.2, 0.25) is 0 Å². The van der Waals surface area contributed by atoms with Crippen molar-refractivity contribution in [1.29, 1.82) is 0 Å². The fourth-order valence-electron chi connectivity index (χ4n) is 4.59. The Labute approximate surface area is 238 Å². The number of carbonyl (C=O) groups excluding carboxylic acids is 3.